The van der Waals surface area contributed by atoms with Crippen molar-refractivity contribution in [1.82, 2.24) is 19.9 Å². The molecule has 8 nitrogen and oxygen atoms in total. The summed E-state index contributed by atoms with van der Waals surface area (Å²) in [5.41, 5.74) is 4.42. The first kappa shape index (κ1) is 18.8. The van der Waals surface area contributed by atoms with E-state index in [0.29, 0.717) is 30.2 Å². The third-order valence-corrected chi connectivity index (χ3v) is 5.00. The highest BCUT2D eigenvalue weighted by Crippen LogP contribution is 2.28. The molecule has 1 aromatic carbocycles. The second-order valence-electron chi connectivity index (χ2n) is 6.83. The van der Waals surface area contributed by atoms with E-state index in [1.807, 2.05) is 25.1 Å². The van der Waals surface area contributed by atoms with Crippen LogP contribution in [0.4, 0.5) is 0 Å². The minimum Gasteiger partial charge on any atom is -0.457 e. The van der Waals surface area contributed by atoms with Crippen LogP contribution in [0.15, 0.2) is 43.0 Å². The lowest BCUT2D eigenvalue weighted by atomic mass is 9.95. The van der Waals surface area contributed by atoms with Gasteiger partial charge in [-0.3, -0.25) is 4.57 Å². The molecule has 146 valence electrons. The third kappa shape index (κ3) is 3.74. The quantitative estimate of drug-likeness (QED) is 0.620. The minimum absolute atomic E-state index is 0.263. The molecule has 0 saturated heterocycles. The third-order valence-electron chi connectivity index (χ3n) is 5.00. The number of carbonyl (C=O) groups is 1. The molecular weight excluding hydrogens is 370 g/mol. The Labute approximate surface area is 167 Å². The van der Waals surface area contributed by atoms with Crippen LogP contribution in [0.5, 0.6) is 0 Å². The van der Waals surface area contributed by atoms with Gasteiger partial charge in [-0.2, -0.15) is 5.26 Å². The van der Waals surface area contributed by atoms with E-state index in [4.69, 9.17) is 10.00 Å². The Balaban J connectivity index is 1.35. The molecule has 29 heavy (non-hydrogen) atoms. The number of nitrogens with one attached hydrogen (secondary N) is 1. The summed E-state index contributed by atoms with van der Waals surface area (Å²) < 4.78 is 6.75. The van der Waals surface area contributed by atoms with Crippen molar-refractivity contribution >= 4 is 5.97 Å². The zero-order chi connectivity index (χ0) is 20.4. The first-order valence-electron chi connectivity index (χ1n) is 9.14. The van der Waals surface area contributed by atoms with Crippen LogP contribution in [-0.4, -0.2) is 32.2 Å². The predicted octanol–water partition coefficient (Wildman–Crippen LogP) is 1.94. The molecule has 0 spiro atoms. The first-order chi connectivity index (χ1) is 14.1. The Morgan fingerprint density at radius 1 is 1.34 bits per heavy atom. The van der Waals surface area contributed by atoms with Gasteiger partial charge in [0.2, 0.25) is 0 Å². The molecule has 0 saturated carbocycles. The fraction of sp³-hybridized carbons (Fsp3) is 0.238. The average Bonchev–Trinajstić information content (AvgIpc) is 3.36. The van der Waals surface area contributed by atoms with E-state index in [2.05, 4.69) is 15.3 Å². The maximum absolute atomic E-state index is 11.6. The van der Waals surface area contributed by atoms with Crippen LogP contribution in [0.2, 0.25) is 0 Å². The van der Waals surface area contributed by atoms with E-state index in [1.165, 1.54) is 0 Å². The Hall–Kier alpha value is -3.54. The van der Waals surface area contributed by atoms with Crippen LogP contribution in [0.1, 0.15) is 44.4 Å². The monoisotopic (exact) mass is 389 g/mol. The van der Waals surface area contributed by atoms with Gasteiger partial charge in [-0.25, -0.2) is 14.8 Å². The molecular formula is C21H19N5O3. The zero-order valence-corrected chi connectivity index (χ0v) is 15.8. The van der Waals surface area contributed by atoms with Gasteiger partial charge in [0, 0.05) is 31.0 Å². The number of aromatic nitrogens is 3. The number of rotatable bonds is 6. The van der Waals surface area contributed by atoms with Gasteiger partial charge < -0.3 is 15.2 Å². The lowest BCUT2D eigenvalue weighted by molar-refractivity contribution is 0.0535. The highest BCUT2D eigenvalue weighted by atomic mass is 16.5. The number of carbonyl (C=O) groups excluding carboxylic acids is 1. The number of cyclic esters (lactones) is 1. The molecule has 4 rings (SSSR count). The summed E-state index contributed by atoms with van der Waals surface area (Å²) in [5.74, 6) is 0.367. The first-order valence-corrected chi connectivity index (χ1v) is 9.14. The van der Waals surface area contributed by atoms with Crippen molar-refractivity contribution in [3.63, 3.8) is 0 Å². The van der Waals surface area contributed by atoms with Crippen molar-refractivity contribution in [2.45, 2.75) is 26.2 Å². The lowest BCUT2D eigenvalue weighted by Crippen LogP contribution is -2.22. The summed E-state index contributed by atoms with van der Waals surface area (Å²) in [5, 5.41) is 22.6. The van der Waals surface area contributed by atoms with Crippen LogP contribution in [-0.2, 0) is 17.9 Å². The fourth-order valence-corrected chi connectivity index (χ4v) is 3.37. The van der Waals surface area contributed by atoms with E-state index in [-0.39, 0.29) is 12.6 Å². The largest absolute Gasteiger partial charge is 0.457 e. The maximum Gasteiger partial charge on any atom is 0.338 e. The van der Waals surface area contributed by atoms with E-state index in [1.54, 1.807) is 35.4 Å². The normalized spacial score (nSPS) is 13.6. The standard InChI is InChI=1S/C21H19N5O3/c1-13-16(3-4-17-18(13)11-29-21(17)28)19(27)9-23-7-14-2-5-20(24-8-14)26-10-15(6-22)25-12-26/h2-5,8,10,12,19,23,27H,7,9,11H2,1H3. The van der Waals surface area contributed by atoms with Gasteiger partial charge in [-0.05, 0) is 35.7 Å². The number of esters is 1. The summed E-state index contributed by atoms with van der Waals surface area (Å²) in [7, 11) is 0. The predicted molar refractivity (Wildman–Crippen MR) is 103 cm³/mol. The number of hydrogen-bond donors (Lipinski definition) is 2. The van der Waals surface area contributed by atoms with Crippen LogP contribution < -0.4 is 5.32 Å². The molecule has 0 amide bonds. The molecule has 2 aromatic heterocycles. The van der Waals surface area contributed by atoms with E-state index in [9.17, 15) is 9.90 Å². The molecule has 8 heteroatoms. The molecule has 0 radical (unpaired) electrons. The van der Waals surface area contributed by atoms with Gasteiger partial charge >= 0.3 is 5.97 Å². The molecule has 1 aliphatic rings. The number of hydrogen-bond acceptors (Lipinski definition) is 7. The lowest BCUT2D eigenvalue weighted by Gasteiger charge is -2.16. The summed E-state index contributed by atoms with van der Waals surface area (Å²) in [6.07, 6.45) is 4.21. The van der Waals surface area contributed by atoms with Crippen molar-refractivity contribution in [1.29, 1.82) is 5.26 Å². The fourth-order valence-electron chi connectivity index (χ4n) is 3.37. The van der Waals surface area contributed by atoms with Crippen molar-refractivity contribution in [3.8, 4) is 11.9 Å². The van der Waals surface area contributed by atoms with Crippen molar-refractivity contribution in [2.24, 2.45) is 0 Å². The molecule has 1 unspecified atom stereocenters. The molecule has 0 aliphatic carbocycles. The van der Waals surface area contributed by atoms with Gasteiger partial charge in [-0.1, -0.05) is 12.1 Å². The molecule has 3 aromatic rings. The number of imidazole rings is 1. The number of pyridine rings is 1. The summed E-state index contributed by atoms with van der Waals surface area (Å²) in [4.78, 5) is 20.0. The Kier molecular flexibility index (Phi) is 5.08. The van der Waals surface area contributed by atoms with E-state index in [0.717, 1.165) is 22.3 Å². The van der Waals surface area contributed by atoms with Crippen LogP contribution in [0.3, 0.4) is 0 Å². The van der Waals surface area contributed by atoms with Gasteiger partial charge in [-0.15, -0.1) is 0 Å². The van der Waals surface area contributed by atoms with Crippen molar-refractivity contribution in [2.75, 3.05) is 6.54 Å². The molecule has 1 aliphatic heterocycles. The smallest absolute Gasteiger partial charge is 0.338 e. The second-order valence-corrected chi connectivity index (χ2v) is 6.83. The van der Waals surface area contributed by atoms with Crippen molar-refractivity contribution in [3.05, 3.63) is 76.5 Å². The number of ether oxygens (including phenoxy) is 1. The maximum atomic E-state index is 11.6. The average molecular weight is 389 g/mol. The highest BCUT2D eigenvalue weighted by molar-refractivity contribution is 5.93. The number of nitriles is 1. The van der Waals surface area contributed by atoms with Gasteiger partial charge in [0.1, 0.15) is 24.8 Å². The van der Waals surface area contributed by atoms with E-state index < -0.39 is 6.10 Å². The number of aliphatic hydroxyl groups is 1. The van der Waals surface area contributed by atoms with Crippen LogP contribution in [0.25, 0.3) is 5.82 Å². The van der Waals surface area contributed by atoms with Gasteiger partial charge in [0.15, 0.2) is 5.69 Å². The second kappa shape index (κ2) is 7.83. The number of fused-ring (bicyclic) bond motifs is 1. The van der Waals surface area contributed by atoms with Gasteiger partial charge in [0.25, 0.3) is 0 Å². The number of nitrogens with zero attached hydrogens (tertiary/aromatic N) is 4. The molecule has 0 bridgehead atoms. The highest BCUT2D eigenvalue weighted by Gasteiger charge is 2.25. The summed E-state index contributed by atoms with van der Waals surface area (Å²) in [6.45, 7) is 3.07. The zero-order valence-electron chi connectivity index (χ0n) is 15.8. The van der Waals surface area contributed by atoms with Crippen LogP contribution in [0, 0.1) is 18.3 Å². The van der Waals surface area contributed by atoms with E-state index >= 15 is 0 Å². The minimum atomic E-state index is -0.696. The number of aliphatic hydroxyl groups excluding tert-OH is 1. The van der Waals surface area contributed by atoms with Crippen LogP contribution >= 0.6 is 0 Å². The Morgan fingerprint density at radius 3 is 2.93 bits per heavy atom. The molecule has 0 fully saturated rings. The topological polar surface area (TPSA) is 113 Å². The summed E-state index contributed by atoms with van der Waals surface area (Å²) >= 11 is 0. The SMILES string of the molecule is Cc1c(C(O)CNCc2ccc(-n3cnc(C#N)c3)nc2)ccc2c1COC2=O. The van der Waals surface area contributed by atoms with Crippen molar-refractivity contribution < 1.29 is 14.6 Å². The molecule has 1 atom stereocenters. The Bertz CT molecular complexity index is 1100. The summed E-state index contributed by atoms with van der Waals surface area (Å²) in [6, 6.07) is 9.25. The van der Waals surface area contributed by atoms with Gasteiger partial charge in [0.05, 0.1) is 11.7 Å². The molecule has 3 heterocycles. The number of benzene rings is 1. The Morgan fingerprint density at radius 2 is 2.21 bits per heavy atom. The molecule has 2 N–H and O–H groups in total.